The molecule has 0 aromatic heterocycles. The SMILES string of the molecule is [N-]=[N+]=CC(=O)[C@@H]1CCCN1C(=O)CNC(=O)OCc1ccccc1. The van der Waals surface area contributed by atoms with Crippen LogP contribution in [0.3, 0.4) is 0 Å². The van der Waals surface area contributed by atoms with Gasteiger partial charge in [-0.2, -0.15) is 4.79 Å². The van der Waals surface area contributed by atoms with Crippen LogP contribution >= 0.6 is 0 Å². The number of nitrogens with zero attached hydrogens (tertiary/aromatic N) is 3. The molecule has 0 aliphatic carbocycles. The van der Waals surface area contributed by atoms with Crippen LogP contribution in [-0.2, 0) is 20.9 Å². The molecule has 126 valence electrons. The van der Waals surface area contributed by atoms with Crippen molar-refractivity contribution in [3.8, 4) is 0 Å². The number of hydrogen-bond donors (Lipinski definition) is 1. The summed E-state index contributed by atoms with van der Waals surface area (Å²) in [6.45, 7) is 0.279. The number of amides is 2. The van der Waals surface area contributed by atoms with Crippen LogP contribution in [0.5, 0.6) is 0 Å². The molecule has 1 atom stereocenters. The quantitative estimate of drug-likeness (QED) is 0.471. The Morgan fingerprint density at radius 1 is 1.33 bits per heavy atom. The predicted octanol–water partition coefficient (Wildman–Crippen LogP) is 0.773. The fourth-order valence-electron chi connectivity index (χ4n) is 2.53. The zero-order chi connectivity index (χ0) is 17.4. The number of likely N-dealkylation sites (tertiary alicyclic amines) is 1. The molecule has 1 aliphatic rings. The maximum absolute atomic E-state index is 12.1. The number of benzene rings is 1. The Morgan fingerprint density at radius 3 is 2.79 bits per heavy atom. The van der Waals surface area contributed by atoms with Crippen LogP contribution in [0, 0.1) is 0 Å². The molecular formula is C16H18N4O4. The second-order valence-corrected chi connectivity index (χ2v) is 5.31. The highest BCUT2D eigenvalue weighted by Gasteiger charge is 2.34. The van der Waals surface area contributed by atoms with E-state index in [4.69, 9.17) is 10.3 Å². The van der Waals surface area contributed by atoms with E-state index in [-0.39, 0.29) is 19.1 Å². The number of carbonyl (C=O) groups is 3. The smallest absolute Gasteiger partial charge is 0.407 e. The van der Waals surface area contributed by atoms with Gasteiger partial charge in [0.15, 0.2) is 0 Å². The first-order valence-electron chi connectivity index (χ1n) is 7.57. The third-order valence-corrected chi connectivity index (χ3v) is 3.68. The highest BCUT2D eigenvalue weighted by molar-refractivity contribution is 6.28. The second kappa shape index (κ2) is 8.59. The van der Waals surface area contributed by atoms with Crippen molar-refractivity contribution in [1.29, 1.82) is 0 Å². The average molecular weight is 330 g/mol. The summed E-state index contributed by atoms with van der Waals surface area (Å²) in [5.74, 6) is -0.816. The van der Waals surface area contributed by atoms with Gasteiger partial charge in [0, 0.05) is 6.54 Å². The maximum Gasteiger partial charge on any atom is 0.407 e. The summed E-state index contributed by atoms with van der Waals surface area (Å²) in [6.07, 6.45) is 1.28. The summed E-state index contributed by atoms with van der Waals surface area (Å²) >= 11 is 0. The highest BCUT2D eigenvalue weighted by atomic mass is 16.5. The summed E-state index contributed by atoms with van der Waals surface area (Å²) in [5.41, 5.74) is 9.26. The Balaban J connectivity index is 1.78. The summed E-state index contributed by atoms with van der Waals surface area (Å²) < 4.78 is 5.01. The summed E-state index contributed by atoms with van der Waals surface area (Å²) in [5, 5.41) is 2.37. The number of Topliss-reactive ketones (excluding diaryl/α,β-unsaturated/α-hetero) is 1. The molecule has 1 aromatic carbocycles. The van der Waals surface area contributed by atoms with Crippen molar-refractivity contribution in [2.45, 2.75) is 25.5 Å². The first kappa shape index (κ1) is 17.4. The van der Waals surface area contributed by atoms with Crippen molar-refractivity contribution < 1.29 is 23.9 Å². The number of rotatable bonds is 6. The monoisotopic (exact) mass is 330 g/mol. The minimum atomic E-state index is -0.703. The van der Waals surface area contributed by atoms with Gasteiger partial charge in [-0.1, -0.05) is 30.3 Å². The van der Waals surface area contributed by atoms with Gasteiger partial charge in [-0.3, -0.25) is 9.59 Å². The molecule has 0 spiro atoms. The molecule has 2 amide bonds. The van der Waals surface area contributed by atoms with Crippen molar-refractivity contribution in [1.82, 2.24) is 10.2 Å². The first-order chi connectivity index (χ1) is 11.6. The largest absolute Gasteiger partial charge is 0.445 e. The van der Waals surface area contributed by atoms with Crippen LogP contribution in [0.2, 0.25) is 0 Å². The Hall–Kier alpha value is -2.99. The van der Waals surface area contributed by atoms with Gasteiger partial charge in [-0.15, -0.1) is 0 Å². The van der Waals surface area contributed by atoms with E-state index in [0.29, 0.717) is 19.4 Å². The number of nitrogens with one attached hydrogen (secondary N) is 1. The lowest BCUT2D eigenvalue weighted by molar-refractivity contribution is -0.135. The molecule has 2 rings (SSSR count). The van der Waals surface area contributed by atoms with Crippen molar-refractivity contribution >= 4 is 24.0 Å². The molecule has 0 radical (unpaired) electrons. The molecule has 1 saturated heterocycles. The number of ketones is 1. The number of carbonyl (C=O) groups excluding carboxylic acids is 3. The van der Waals surface area contributed by atoms with Crippen LogP contribution < -0.4 is 5.32 Å². The van der Waals surface area contributed by atoms with Crippen LogP contribution in [0.25, 0.3) is 5.53 Å². The number of alkyl carbamates (subject to hydrolysis) is 1. The average Bonchev–Trinajstić information content (AvgIpc) is 3.09. The Bertz CT molecular complexity index is 655. The van der Waals surface area contributed by atoms with Crippen LogP contribution in [0.4, 0.5) is 4.79 Å². The molecular weight excluding hydrogens is 312 g/mol. The Labute approximate surface area is 139 Å². The van der Waals surface area contributed by atoms with Crippen molar-refractivity contribution in [2.75, 3.05) is 13.1 Å². The minimum Gasteiger partial charge on any atom is -0.445 e. The van der Waals surface area contributed by atoms with Gasteiger partial charge in [0.1, 0.15) is 19.2 Å². The van der Waals surface area contributed by atoms with E-state index in [0.717, 1.165) is 11.8 Å². The van der Waals surface area contributed by atoms with Crippen molar-refractivity contribution in [2.24, 2.45) is 0 Å². The van der Waals surface area contributed by atoms with Crippen molar-refractivity contribution in [3.05, 3.63) is 41.4 Å². The molecule has 1 aliphatic heterocycles. The summed E-state index contributed by atoms with van der Waals surface area (Å²) in [7, 11) is 0. The van der Waals surface area contributed by atoms with Gasteiger partial charge < -0.3 is 20.5 Å². The number of hydrogen-bond acceptors (Lipinski definition) is 4. The molecule has 0 unspecified atom stereocenters. The minimum absolute atomic E-state index is 0.110. The van der Waals surface area contributed by atoms with Crippen LogP contribution in [0.1, 0.15) is 18.4 Å². The lowest BCUT2D eigenvalue weighted by Crippen LogP contribution is -2.46. The highest BCUT2D eigenvalue weighted by Crippen LogP contribution is 2.17. The third-order valence-electron chi connectivity index (χ3n) is 3.68. The fraction of sp³-hybridized carbons (Fsp3) is 0.375. The molecule has 1 fully saturated rings. The zero-order valence-electron chi connectivity index (χ0n) is 13.1. The summed E-state index contributed by atoms with van der Waals surface area (Å²) in [6, 6.07) is 8.52. The lowest BCUT2D eigenvalue weighted by atomic mass is 10.1. The van der Waals surface area contributed by atoms with E-state index in [1.54, 1.807) is 0 Å². The van der Waals surface area contributed by atoms with E-state index in [1.165, 1.54) is 4.90 Å². The van der Waals surface area contributed by atoms with Crippen LogP contribution in [0.15, 0.2) is 30.3 Å². The van der Waals surface area contributed by atoms with E-state index >= 15 is 0 Å². The van der Waals surface area contributed by atoms with Gasteiger partial charge >= 0.3 is 12.3 Å². The van der Waals surface area contributed by atoms with Gasteiger partial charge in [0.2, 0.25) is 5.91 Å². The van der Waals surface area contributed by atoms with Gasteiger partial charge in [0.05, 0.1) is 0 Å². The number of ether oxygens (including phenoxy) is 1. The fourth-order valence-corrected chi connectivity index (χ4v) is 2.53. The molecule has 8 heteroatoms. The topological polar surface area (TPSA) is 112 Å². The van der Waals surface area contributed by atoms with Gasteiger partial charge in [0.25, 0.3) is 5.78 Å². The van der Waals surface area contributed by atoms with E-state index in [1.807, 2.05) is 30.3 Å². The predicted molar refractivity (Wildman–Crippen MR) is 84.1 cm³/mol. The van der Waals surface area contributed by atoms with E-state index < -0.39 is 17.9 Å². The van der Waals surface area contributed by atoms with Crippen LogP contribution in [-0.4, -0.2) is 52.8 Å². The molecule has 1 heterocycles. The van der Waals surface area contributed by atoms with Crippen molar-refractivity contribution in [3.63, 3.8) is 0 Å². The lowest BCUT2D eigenvalue weighted by Gasteiger charge is -2.21. The summed E-state index contributed by atoms with van der Waals surface area (Å²) in [4.78, 5) is 39.6. The van der Waals surface area contributed by atoms with E-state index in [2.05, 4.69) is 10.1 Å². The van der Waals surface area contributed by atoms with E-state index in [9.17, 15) is 14.4 Å². The molecule has 1 aromatic rings. The molecule has 1 N–H and O–H groups in total. The van der Waals surface area contributed by atoms with Gasteiger partial charge in [-0.05, 0) is 18.4 Å². The maximum atomic E-state index is 12.1. The second-order valence-electron chi connectivity index (χ2n) is 5.31. The molecule has 24 heavy (non-hydrogen) atoms. The molecule has 8 nitrogen and oxygen atoms in total. The molecule has 0 saturated carbocycles. The third kappa shape index (κ3) is 4.76. The standard InChI is InChI=1S/C16H18N4O4/c17-19-9-14(21)13-7-4-8-20(13)15(22)10-18-16(23)24-11-12-5-2-1-3-6-12/h1-3,5-6,9,13H,4,7-8,10-11H2,(H,18,23)/t13-/m0/s1. The van der Waals surface area contributed by atoms with Gasteiger partial charge in [-0.25, -0.2) is 4.79 Å². The molecule has 0 bridgehead atoms. The Kier molecular flexibility index (Phi) is 6.22. The Morgan fingerprint density at radius 2 is 2.08 bits per heavy atom. The first-order valence-corrected chi connectivity index (χ1v) is 7.57. The normalized spacial score (nSPS) is 16.2. The zero-order valence-corrected chi connectivity index (χ0v) is 13.1.